The van der Waals surface area contributed by atoms with Gasteiger partial charge >= 0.3 is 6.09 Å². The smallest absolute Gasteiger partial charge is 0.410 e. The molecule has 6 amide bonds. The number of likely N-dealkylation sites (tertiary alicyclic amines) is 1. The Kier molecular flexibility index (Phi) is 18.9. The summed E-state index contributed by atoms with van der Waals surface area (Å²) in [4.78, 5) is 96.7. The summed E-state index contributed by atoms with van der Waals surface area (Å²) >= 11 is 0. The fourth-order valence-electron chi connectivity index (χ4n) is 12.1. The molecule has 3 fully saturated rings. The van der Waals surface area contributed by atoms with E-state index in [1.165, 1.54) is 17.1 Å². The molecule has 0 bridgehead atoms. The van der Waals surface area contributed by atoms with E-state index in [0.29, 0.717) is 45.4 Å². The van der Waals surface area contributed by atoms with Crippen molar-refractivity contribution >= 4 is 35.6 Å². The van der Waals surface area contributed by atoms with Gasteiger partial charge in [-0.2, -0.15) is 0 Å². The number of carbonyl (C=O) groups is 6. The van der Waals surface area contributed by atoms with E-state index in [-0.39, 0.29) is 66.2 Å². The van der Waals surface area contributed by atoms with Crippen molar-refractivity contribution in [3.05, 3.63) is 95.6 Å². The number of ether oxygens (including phenoxy) is 3. The largest absolute Gasteiger partial charge is 0.448 e. The highest BCUT2D eigenvalue weighted by Crippen LogP contribution is 2.53. The molecule has 408 valence electrons. The van der Waals surface area contributed by atoms with Crippen LogP contribution in [0.2, 0.25) is 0 Å². The lowest BCUT2D eigenvalue weighted by Gasteiger charge is -2.41. The average molecular weight is 1040 g/mol. The Morgan fingerprint density at radius 1 is 0.773 bits per heavy atom. The number of hydroxylamine groups is 2. The quantitative estimate of drug-likeness (QED) is 0.102. The molecule has 0 unspecified atom stereocenters. The molecule has 2 aliphatic heterocycles. The number of nitrogens with one attached hydrogen (secondary N) is 2. The lowest BCUT2D eigenvalue weighted by Crippen LogP contribution is -2.60. The molecule has 4 aliphatic rings. The van der Waals surface area contributed by atoms with Crippen molar-refractivity contribution in [3.63, 3.8) is 0 Å². The van der Waals surface area contributed by atoms with Crippen molar-refractivity contribution in [2.75, 3.05) is 54.6 Å². The highest BCUT2D eigenvalue weighted by Gasteiger charge is 2.64. The predicted octanol–water partition coefficient (Wildman–Crippen LogP) is 7.55. The van der Waals surface area contributed by atoms with E-state index in [9.17, 15) is 28.8 Å². The number of rotatable bonds is 22. The van der Waals surface area contributed by atoms with Crippen LogP contribution in [0.15, 0.2) is 78.9 Å². The monoisotopic (exact) mass is 1030 g/mol. The molecule has 75 heavy (non-hydrogen) atoms. The summed E-state index contributed by atoms with van der Waals surface area (Å²) < 4.78 is 18.2. The summed E-state index contributed by atoms with van der Waals surface area (Å²) in [5.74, 6) is -3.54. The molecule has 3 aromatic rings. The Labute approximate surface area is 444 Å². The van der Waals surface area contributed by atoms with Gasteiger partial charge in [0.1, 0.15) is 24.2 Å². The van der Waals surface area contributed by atoms with Crippen LogP contribution in [-0.4, -0.2) is 152 Å². The molecular weight excluding hydrogens is 953 g/mol. The van der Waals surface area contributed by atoms with Gasteiger partial charge in [-0.15, -0.1) is 0 Å². The molecule has 16 nitrogen and oxygen atoms in total. The third-order valence-electron chi connectivity index (χ3n) is 16.6. The van der Waals surface area contributed by atoms with Crippen molar-refractivity contribution in [1.82, 2.24) is 30.4 Å². The second-order valence-electron chi connectivity index (χ2n) is 22.0. The summed E-state index contributed by atoms with van der Waals surface area (Å²) in [5.41, 5.74) is 4.18. The Morgan fingerprint density at radius 3 is 1.99 bits per heavy atom. The average Bonchev–Trinajstić information content (AvgIpc) is 3.80. The van der Waals surface area contributed by atoms with Crippen molar-refractivity contribution in [3.8, 4) is 11.1 Å². The van der Waals surface area contributed by atoms with Crippen LogP contribution < -0.4 is 10.6 Å². The van der Waals surface area contributed by atoms with Gasteiger partial charge in [0.05, 0.1) is 43.2 Å². The fourth-order valence-corrected chi connectivity index (χ4v) is 12.1. The van der Waals surface area contributed by atoms with Crippen LogP contribution in [0, 0.1) is 23.7 Å². The first-order chi connectivity index (χ1) is 35.9. The van der Waals surface area contributed by atoms with Gasteiger partial charge in [0.25, 0.3) is 5.91 Å². The van der Waals surface area contributed by atoms with Crippen LogP contribution in [0.3, 0.4) is 0 Å². The summed E-state index contributed by atoms with van der Waals surface area (Å²) in [5, 5.41) is 7.59. The molecule has 7 rings (SSSR count). The number of carbonyl (C=O) groups excluding carboxylic acids is 6. The van der Waals surface area contributed by atoms with E-state index in [1.54, 1.807) is 37.9 Å². The normalized spacial score (nSPS) is 22.0. The number of fused-ring (bicyclic) bond motifs is 3. The second-order valence-corrected chi connectivity index (χ2v) is 22.0. The van der Waals surface area contributed by atoms with Crippen LogP contribution in [0.1, 0.15) is 122 Å². The Morgan fingerprint density at radius 2 is 1.41 bits per heavy atom. The maximum absolute atomic E-state index is 14.8. The number of hydrogen-bond acceptors (Lipinski definition) is 10. The lowest BCUT2D eigenvalue weighted by atomic mass is 9.89. The topological polar surface area (TPSA) is 176 Å². The highest BCUT2D eigenvalue weighted by atomic mass is 16.7. The van der Waals surface area contributed by atoms with Gasteiger partial charge in [-0.25, -0.2) is 9.86 Å². The molecule has 10 atom stereocenters. The second kappa shape index (κ2) is 24.9. The zero-order valence-corrected chi connectivity index (χ0v) is 46.1. The molecule has 0 spiro atoms. The van der Waals surface area contributed by atoms with Crippen LogP contribution in [-0.2, 0) is 43.0 Å². The summed E-state index contributed by atoms with van der Waals surface area (Å²) in [6.45, 7) is 14.7. The summed E-state index contributed by atoms with van der Waals surface area (Å²) in [6.07, 6.45) is 1.97. The molecular formula is C59H82N6O10. The predicted molar refractivity (Wildman–Crippen MR) is 286 cm³/mol. The first-order valence-electron chi connectivity index (χ1n) is 27.2. The minimum atomic E-state index is -1.16. The number of methoxy groups -OCH3 is 2. The first-order valence-corrected chi connectivity index (χ1v) is 27.2. The van der Waals surface area contributed by atoms with Crippen molar-refractivity contribution < 1.29 is 47.8 Å². The maximum Gasteiger partial charge on any atom is 0.410 e. The maximum atomic E-state index is 14.8. The van der Waals surface area contributed by atoms with E-state index < -0.39 is 59.8 Å². The third kappa shape index (κ3) is 12.1. The first kappa shape index (κ1) is 56.9. The minimum absolute atomic E-state index is 0.0537. The van der Waals surface area contributed by atoms with E-state index in [0.717, 1.165) is 40.7 Å². The minimum Gasteiger partial charge on any atom is -0.448 e. The van der Waals surface area contributed by atoms with Gasteiger partial charge in [-0.05, 0) is 77.7 Å². The molecule has 2 saturated heterocycles. The third-order valence-corrected chi connectivity index (χ3v) is 16.6. The molecule has 0 radical (unpaired) electrons. The lowest BCUT2D eigenvalue weighted by molar-refractivity contribution is -0.200. The van der Waals surface area contributed by atoms with Gasteiger partial charge in [0.15, 0.2) is 0 Å². The van der Waals surface area contributed by atoms with Crippen molar-refractivity contribution in [2.24, 2.45) is 23.7 Å². The van der Waals surface area contributed by atoms with Crippen LogP contribution in [0.4, 0.5) is 4.79 Å². The Balaban J connectivity index is 1.01. The fraction of sp³-hybridized carbons (Fsp3) is 0.593. The molecule has 2 aliphatic carbocycles. The zero-order chi connectivity index (χ0) is 54.3. The molecule has 2 heterocycles. The van der Waals surface area contributed by atoms with Gasteiger partial charge in [-0.3, -0.25) is 33.7 Å². The van der Waals surface area contributed by atoms with E-state index >= 15 is 0 Å². The highest BCUT2D eigenvalue weighted by molar-refractivity contribution is 5.96. The molecule has 1 saturated carbocycles. The SMILES string of the molecule is CC[C@H](C)[C@@H]([C@@H](CC(=O)N1CCC[C@H]1[C@H](OC)[C@@H](C)C(=O)N[C@@]1(C(=O)N2CCCCO2)C[C@@H]1c1ccccc1)OC)N(C)C(=O)[C@@H](NC(=O)[C@H](C(C)C)N(C)C(=O)OCC1c2ccccc2-c2ccccc21)C(C)C. The molecule has 3 aromatic carbocycles. The Bertz CT molecular complexity index is 2440. The standard InChI is InChI=1S/C59H82N6O10/c1-12-38(6)52(62(8)56(69)50(36(2)3)60-55(68)51(37(4)5)63(9)58(71)74-35-45-43-27-18-16-25-41(43)42-26-17-19-28-44(42)45)48(72-10)33-49(66)64-30-22-29-47(64)53(73-11)39(7)54(67)61-59(57(70)65-31-20-21-32-75-65)34-46(59)40-23-14-13-15-24-40/h13-19,23-28,36-39,45-48,50-53H,12,20-22,29-35H2,1-11H3,(H,60,68)(H,61,67)/t38-,39+,46+,47-,48+,50-,51-,52-,53+,59-/m0/s1. The van der Waals surface area contributed by atoms with E-state index in [1.807, 2.05) is 96.1 Å². The molecule has 2 N–H and O–H groups in total. The molecule has 16 heteroatoms. The zero-order valence-electron chi connectivity index (χ0n) is 46.1. The van der Waals surface area contributed by atoms with Crippen LogP contribution in [0.5, 0.6) is 0 Å². The van der Waals surface area contributed by atoms with E-state index in [4.69, 9.17) is 19.0 Å². The number of amides is 6. The van der Waals surface area contributed by atoms with Crippen molar-refractivity contribution in [1.29, 1.82) is 0 Å². The van der Waals surface area contributed by atoms with Crippen LogP contribution in [0.25, 0.3) is 11.1 Å². The molecule has 0 aromatic heterocycles. The summed E-state index contributed by atoms with van der Waals surface area (Å²) in [6, 6.07) is 23.0. The Hall–Kier alpha value is -5.84. The number of hydrogen-bond donors (Lipinski definition) is 2. The number of likely N-dealkylation sites (N-methyl/N-ethyl adjacent to an activating group) is 2. The van der Waals surface area contributed by atoms with E-state index in [2.05, 4.69) is 34.9 Å². The van der Waals surface area contributed by atoms with Gasteiger partial charge in [0.2, 0.25) is 23.6 Å². The van der Waals surface area contributed by atoms with Gasteiger partial charge in [-0.1, -0.05) is 134 Å². The van der Waals surface area contributed by atoms with Gasteiger partial charge in [0, 0.05) is 53.2 Å². The summed E-state index contributed by atoms with van der Waals surface area (Å²) in [7, 11) is 6.33. The number of benzene rings is 3. The van der Waals surface area contributed by atoms with Crippen molar-refractivity contribution in [2.45, 2.75) is 147 Å². The number of nitrogens with zero attached hydrogens (tertiary/aromatic N) is 4. The van der Waals surface area contributed by atoms with Gasteiger partial charge < -0.3 is 34.6 Å². The van der Waals surface area contributed by atoms with Crippen LogP contribution >= 0.6 is 0 Å².